The van der Waals surface area contributed by atoms with E-state index in [1.165, 1.54) is 18.2 Å². The van der Waals surface area contributed by atoms with Crippen LogP contribution in [0, 0.1) is 6.92 Å². The number of rotatable bonds is 3. The number of hydrogen-bond acceptors (Lipinski definition) is 4. The van der Waals surface area contributed by atoms with Crippen LogP contribution in [0.2, 0.25) is 0 Å². The Hall–Kier alpha value is -1.68. The molecule has 0 aromatic heterocycles. The van der Waals surface area contributed by atoms with Gasteiger partial charge in [0.05, 0.1) is 13.7 Å². The summed E-state index contributed by atoms with van der Waals surface area (Å²) >= 11 is 0. The normalized spacial score (nSPS) is 14.5. The van der Waals surface area contributed by atoms with E-state index in [1.807, 2.05) is 12.3 Å². The smallest absolute Gasteiger partial charge is 0.322 e. The summed E-state index contributed by atoms with van der Waals surface area (Å²) in [6.07, 6.45) is 2.37. The number of carbonyl (C=O) groups is 1. The highest BCUT2D eigenvalue weighted by molar-refractivity contribution is 5.85. The van der Waals surface area contributed by atoms with Crippen molar-refractivity contribution < 1.29 is 9.53 Å². The molecule has 0 radical (unpaired) electrons. The standard InChI is InChI=1S/C13H16N2O2/c1-8-3-9(5-12(14)13(16)17-2)4-10-6-15-7-11(8)10/h3-4,6,12H,5,7,14H2,1-2H3/t12-/m1/s1. The molecule has 4 heteroatoms. The largest absolute Gasteiger partial charge is 0.468 e. The van der Waals surface area contributed by atoms with Crippen LogP contribution in [0.15, 0.2) is 17.1 Å². The van der Waals surface area contributed by atoms with Gasteiger partial charge in [-0.1, -0.05) is 6.07 Å². The molecule has 0 bridgehead atoms. The highest BCUT2D eigenvalue weighted by atomic mass is 16.5. The highest BCUT2D eigenvalue weighted by Gasteiger charge is 2.16. The number of methoxy groups -OCH3 is 1. The number of aliphatic imine (C=N–C) groups is 1. The van der Waals surface area contributed by atoms with Crippen LogP contribution in [0.4, 0.5) is 0 Å². The van der Waals surface area contributed by atoms with Gasteiger partial charge in [0.2, 0.25) is 0 Å². The topological polar surface area (TPSA) is 64.7 Å². The number of nitrogens with zero attached hydrogens (tertiary/aromatic N) is 1. The van der Waals surface area contributed by atoms with E-state index in [2.05, 4.69) is 22.7 Å². The third-order valence-corrected chi connectivity index (χ3v) is 3.01. The third kappa shape index (κ3) is 2.36. The van der Waals surface area contributed by atoms with Gasteiger partial charge in [-0.2, -0.15) is 0 Å². The van der Waals surface area contributed by atoms with Crippen molar-refractivity contribution in [1.82, 2.24) is 0 Å². The maximum absolute atomic E-state index is 11.3. The molecule has 0 fully saturated rings. The molecule has 17 heavy (non-hydrogen) atoms. The molecule has 1 aliphatic rings. The van der Waals surface area contributed by atoms with Crippen molar-refractivity contribution in [1.29, 1.82) is 0 Å². The maximum Gasteiger partial charge on any atom is 0.322 e. The molecule has 0 unspecified atom stereocenters. The zero-order chi connectivity index (χ0) is 12.4. The van der Waals surface area contributed by atoms with Crippen molar-refractivity contribution in [2.24, 2.45) is 10.7 Å². The van der Waals surface area contributed by atoms with Crippen LogP contribution < -0.4 is 5.73 Å². The Kier molecular flexibility index (Phi) is 3.24. The number of ether oxygens (including phenoxy) is 1. The summed E-state index contributed by atoms with van der Waals surface area (Å²) in [4.78, 5) is 15.5. The first-order valence-electron chi connectivity index (χ1n) is 5.57. The Morgan fingerprint density at radius 2 is 2.35 bits per heavy atom. The molecule has 1 atom stereocenters. The average molecular weight is 232 g/mol. The fourth-order valence-electron chi connectivity index (χ4n) is 2.09. The zero-order valence-corrected chi connectivity index (χ0v) is 10.1. The minimum atomic E-state index is -0.601. The number of nitrogens with two attached hydrogens (primary N) is 1. The van der Waals surface area contributed by atoms with Gasteiger partial charge < -0.3 is 10.5 Å². The second-order valence-electron chi connectivity index (χ2n) is 4.28. The maximum atomic E-state index is 11.3. The number of aryl methyl sites for hydroxylation is 1. The molecule has 90 valence electrons. The van der Waals surface area contributed by atoms with Crippen molar-refractivity contribution in [3.63, 3.8) is 0 Å². The Morgan fingerprint density at radius 3 is 3.06 bits per heavy atom. The first-order valence-corrected chi connectivity index (χ1v) is 5.57. The lowest BCUT2D eigenvalue weighted by atomic mass is 9.97. The zero-order valence-electron chi connectivity index (χ0n) is 10.1. The quantitative estimate of drug-likeness (QED) is 0.790. The molecule has 0 aliphatic carbocycles. The van der Waals surface area contributed by atoms with Crippen molar-refractivity contribution in [2.45, 2.75) is 25.9 Å². The van der Waals surface area contributed by atoms with E-state index in [0.29, 0.717) is 6.42 Å². The van der Waals surface area contributed by atoms with Gasteiger partial charge in [-0.05, 0) is 41.7 Å². The Balaban J connectivity index is 2.20. The number of carbonyl (C=O) groups excluding carboxylic acids is 1. The van der Waals surface area contributed by atoms with E-state index in [-0.39, 0.29) is 5.97 Å². The fraction of sp³-hybridized carbons (Fsp3) is 0.385. The summed E-state index contributed by atoms with van der Waals surface area (Å²) < 4.78 is 4.62. The summed E-state index contributed by atoms with van der Waals surface area (Å²) in [5, 5.41) is 0. The molecule has 4 nitrogen and oxygen atoms in total. The molecule has 0 amide bonds. The van der Waals surface area contributed by atoms with Gasteiger partial charge in [0.1, 0.15) is 6.04 Å². The van der Waals surface area contributed by atoms with Crippen LogP contribution >= 0.6 is 0 Å². The lowest BCUT2D eigenvalue weighted by Gasteiger charge is -2.11. The van der Waals surface area contributed by atoms with E-state index in [9.17, 15) is 4.79 Å². The van der Waals surface area contributed by atoms with Crippen LogP contribution in [0.3, 0.4) is 0 Å². The summed E-state index contributed by atoms with van der Waals surface area (Å²) in [5.41, 5.74) is 10.4. The Labute approximate surface area is 100 Å². The molecular formula is C13H16N2O2. The monoisotopic (exact) mass is 232 g/mol. The van der Waals surface area contributed by atoms with Crippen LogP contribution in [0.1, 0.15) is 22.3 Å². The molecule has 1 aromatic carbocycles. The number of esters is 1. The number of hydrogen-bond donors (Lipinski definition) is 1. The lowest BCUT2D eigenvalue weighted by molar-refractivity contribution is -0.142. The van der Waals surface area contributed by atoms with Gasteiger partial charge in [0.25, 0.3) is 0 Å². The fourth-order valence-corrected chi connectivity index (χ4v) is 2.09. The van der Waals surface area contributed by atoms with Gasteiger partial charge in [0, 0.05) is 6.21 Å². The van der Waals surface area contributed by atoms with Gasteiger partial charge in [-0.3, -0.25) is 9.79 Å². The number of benzene rings is 1. The minimum Gasteiger partial charge on any atom is -0.468 e. The van der Waals surface area contributed by atoms with Crippen molar-refractivity contribution >= 4 is 12.2 Å². The third-order valence-electron chi connectivity index (χ3n) is 3.01. The van der Waals surface area contributed by atoms with Crippen LogP contribution in [-0.2, 0) is 22.5 Å². The second kappa shape index (κ2) is 4.67. The van der Waals surface area contributed by atoms with Crippen molar-refractivity contribution in [3.8, 4) is 0 Å². The van der Waals surface area contributed by atoms with E-state index in [1.54, 1.807) is 0 Å². The van der Waals surface area contributed by atoms with Gasteiger partial charge in [0.15, 0.2) is 0 Å². The molecule has 0 saturated heterocycles. The summed E-state index contributed by atoms with van der Waals surface area (Å²) in [5.74, 6) is -0.378. The Bertz CT molecular complexity index is 481. The Morgan fingerprint density at radius 1 is 1.59 bits per heavy atom. The molecule has 0 saturated carbocycles. The highest BCUT2D eigenvalue weighted by Crippen LogP contribution is 2.21. The molecule has 0 spiro atoms. The summed E-state index contributed by atoms with van der Waals surface area (Å²) in [7, 11) is 1.35. The first-order chi connectivity index (χ1) is 8.11. The van der Waals surface area contributed by atoms with E-state index in [0.717, 1.165) is 17.7 Å². The minimum absolute atomic E-state index is 0.378. The van der Waals surface area contributed by atoms with Crippen molar-refractivity contribution in [3.05, 3.63) is 34.4 Å². The number of fused-ring (bicyclic) bond motifs is 1. The molecule has 1 heterocycles. The van der Waals surface area contributed by atoms with Gasteiger partial charge >= 0.3 is 5.97 Å². The van der Waals surface area contributed by atoms with Crippen molar-refractivity contribution in [2.75, 3.05) is 7.11 Å². The van der Waals surface area contributed by atoms with Crippen LogP contribution in [-0.4, -0.2) is 25.3 Å². The summed E-state index contributed by atoms with van der Waals surface area (Å²) in [6, 6.07) is 3.51. The van der Waals surface area contributed by atoms with Crippen LogP contribution in [0.5, 0.6) is 0 Å². The van der Waals surface area contributed by atoms with Gasteiger partial charge in [-0.25, -0.2) is 0 Å². The molecular weight excluding hydrogens is 216 g/mol. The van der Waals surface area contributed by atoms with E-state index < -0.39 is 6.04 Å². The SMILES string of the molecule is COC(=O)[C@H](N)Cc1cc(C)c2c(c1)C=NC2. The molecule has 1 aromatic rings. The van der Waals surface area contributed by atoms with Gasteiger partial charge in [-0.15, -0.1) is 0 Å². The van der Waals surface area contributed by atoms with Crippen LogP contribution in [0.25, 0.3) is 0 Å². The van der Waals surface area contributed by atoms with E-state index in [4.69, 9.17) is 5.73 Å². The first kappa shape index (κ1) is 11.8. The molecule has 2 rings (SSSR count). The molecule has 2 N–H and O–H groups in total. The van der Waals surface area contributed by atoms with E-state index >= 15 is 0 Å². The second-order valence-corrected chi connectivity index (χ2v) is 4.28. The lowest BCUT2D eigenvalue weighted by Crippen LogP contribution is -2.33. The summed E-state index contributed by atoms with van der Waals surface area (Å²) in [6.45, 7) is 2.81. The predicted octanol–water partition coefficient (Wildman–Crippen LogP) is 0.970. The predicted molar refractivity (Wildman–Crippen MR) is 66.2 cm³/mol. The molecule has 1 aliphatic heterocycles. The average Bonchev–Trinajstić information content (AvgIpc) is 2.76.